The predicted molar refractivity (Wildman–Crippen MR) is 299 cm³/mol. The minimum absolute atomic E-state index is 1.25. The monoisotopic (exact) mass is 876 g/mol. The molecule has 1 aliphatic carbocycles. The maximum absolute atomic E-state index is 2.57. The van der Waals surface area contributed by atoms with E-state index >= 15 is 0 Å². The average Bonchev–Trinajstić information content (AvgIpc) is 4.16. The molecule has 0 radical (unpaired) electrons. The average molecular weight is 877 g/mol. The summed E-state index contributed by atoms with van der Waals surface area (Å²) in [7, 11) is 0. The van der Waals surface area contributed by atoms with E-state index in [0.717, 1.165) is 0 Å². The van der Waals surface area contributed by atoms with Gasteiger partial charge >= 0.3 is 0 Å². The van der Waals surface area contributed by atoms with Crippen molar-refractivity contribution in [3.63, 3.8) is 0 Å². The first-order valence-electron chi connectivity index (χ1n) is 24.7. The lowest BCUT2D eigenvalue weighted by atomic mass is 9.88. The Morgan fingerprint density at radius 1 is 0.186 bits per heavy atom. The minimum atomic E-state index is 1.25. The molecule has 0 heteroatoms. The molecule has 0 nitrogen and oxygen atoms in total. The van der Waals surface area contributed by atoms with Gasteiger partial charge in [-0.15, -0.1) is 0 Å². The van der Waals surface area contributed by atoms with Crippen molar-refractivity contribution < 1.29 is 0 Å². The number of fused-ring (bicyclic) bond motifs is 14. The molecule has 1 aliphatic rings. The Hall–Kier alpha value is -9.10. The van der Waals surface area contributed by atoms with E-state index in [2.05, 4.69) is 218 Å². The number of rotatable bonds is 3. The highest BCUT2D eigenvalue weighted by Gasteiger charge is 2.29. The second-order valence-corrected chi connectivity index (χ2v) is 20.0. The molecule has 17 aromatic rings. The maximum atomic E-state index is 2.57. The molecular weight excluding hydrogens is 841 g/mol. The van der Waals surface area contributed by atoms with Gasteiger partial charge in [0.2, 0.25) is 0 Å². The molecule has 0 aromatic heterocycles. The third-order valence-corrected chi connectivity index (χ3v) is 16.9. The predicted octanol–water partition coefficient (Wildman–Crippen LogP) is 19.2. The van der Waals surface area contributed by atoms with Gasteiger partial charge in [0, 0.05) is 0 Å². The van der Waals surface area contributed by atoms with Crippen molar-refractivity contribution in [2.75, 3.05) is 0 Å². The van der Waals surface area contributed by atoms with Crippen molar-refractivity contribution in [3.8, 4) is 33.4 Å². The lowest BCUT2D eigenvalue weighted by Crippen LogP contribution is -1.88. The summed E-state index contributed by atoms with van der Waals surface area (Å²) in [5, 5.41) is 37.8. The Morgan fingerprint density at radius 3 is 1.16 bits per heavy atom. The van der Waals surface area contributed by atoms with Crippen LogP contribution >= 0.6 is 0 Å². The zero-order valence-electron chi connectivity index (χ0n) is 37.8. The van der Waals surface area contributed by atoms with Gasteiger partial charge in [0.05, 0.1) is 0 Å². The van der Waals surface area contributed by atoms with Crippen LogP contribution in [0.1, 0.15) is 0 Å². The second kappa shape index (κ2) is 12.5. The molecular formula is C70H36. The van der Waals surface area contributed by atoms with Crippen LogP contribution in [0, 0.1) is 20.9 Å². The van der Waals surface area contributed by atoms with Gasteiger partial charge in [-0.3, -0.25) is 0 Å². The molecule has 0 unspecified atom stereocenters. The molecule has 0 atom stereocenters. The molecule has 17 aromatic carbocycles. The van der Waals surface area contributed by atoms with E-state index < -0.39 is 0 Å². The van der Waals surface area contributed by atoms with Gasteiger partial charge in [-0.25, -0.2) is 0 Å². The standard InChI is InChI=1S/C70H36/c1-4-14-37(15-5-1)41-26-27-42(38-16-6-2-7-17-38)60-52-33-29-47-49-31-35-54-64-53(34-30-48(62(49)64)46-28-32-51(59(41)60)63(52)61(46)47)68-58(40-18-8-3-9-19-40)56-36-55-45-24-12-20-39-21-13-25-50(57(39)45)65(55)66-43-22-10-11-23-44(43)67(69(54)68)70(56)66/h1-36H. The Balaban J connectivity index is 1.05. The molecule has 316 valence electrons. The lowest BCUT2D eigenvalue weighted by molar-refractivity contribution is 1.46. The van der Waals surface area contributed by atoms with Crippen LogP contribution in [-0.4, -0.2) is 0 Å². The van der Waals surface area contributed by atoms with Crippen molar-refractivity contribution in [1.29, 1.82) is 0 Å². The van der Waals surface area contributed by atoms with Crippen LogP contribution in [0.4, 0.5) is 0 Å². The van der Waals surface area contributed by atoms with E-state index in [1.165, 1.54) is 184 Å². The molecule has 0 aliphatic heterocycles. The summed E-state index contributed by atoms with van der Waals surface area (Å²) in [6.45, 7) is 0. The molecule has 0 saturated heterocycles. The van der Waals surface area contributed by atoms with Crippen LogP contribution in [0.5, 0.6) is 0 Å². The fourth-order valence-corrected chi connectivity index (χ4v) is 14.4. The fraction of sp³-hybridized carbons (Fsp3) is 0. The van der Waals surface area contributed by atoms with Gasteiger partial charge in [-0.1, -0.05) is 212 Å². The summed E-state index contributed by atoms with van der Waals surface area (Å²) in [6, 6.07) is 83.2. The van der Waals surface area contributed by atoms with Gasteiger partial charge in [-0.2, -0.15) is 0 Å². The molecule has 0 saturated carbocycles. The van der Waals surface area contributed by atoms with Crippen LogP contribution in [0.15, 0.2) is 218 Å². The van der Waals surface area contributed by atoms with Gasteiger partial charge < -0.3 is 0 Å². The smallest absolute Gasteiger partial charge is 0.000674 e. The molecule has 70 heavy (non-hydrogen) atoms. The van der Waals surface area contributed by atoms with Crippen LogP contribution in [0.2, 0.25) is 0 Å². The van der Waals surface area contributed by atoms with Gasteiger partial charge in [0.1, 0.15) is 0 Å². The minimum Gasteiger partial charge on any atom is -0.0622 e. The van der Waals surface area contributed by atoms with Crippen LogP contribution in [0.25, 0.3) is 163 Å². The van der Waals surface area contributed by atoms with E-state index in [-0.39, 0.29) is 0 Å². The Kier molecular flexibility index (Phi) is 6.43. The summed E-state index contributed by atoms with van der Waals surface area (Å²) in [5.74, 6) is 0. The van der Waals surface area contributed by atoms with Crippen molar-refractivity contribution >= 4 is 129 Å². The Morgan fingerprint density at radius 2 is 0.557 bits per heavy atom. The lowest BCUT2D eigenvalue weighted by Gasteiger charge is -2.15. The number of hydrogen-bond acceptors (Lipinski definition) is 0. The Bertz CT molecular complexity index is 5220. The normalized spacial score (nSPS) is 12.9. The van der Waals surface area contributed by atoms with Crippen molar-refractivity contribution in [1.82, 2.24) is 0 Å². The first-order chi connectivity index (χ1) is 34.8. The largest absolute Gasteiger partial charge is 0.0622 e. The SMILES string of the molecule is c1ccc(-c2ccc(-c3ccccc3)c3c2=c2ccc4c5ccc6c7c(-c8ccccc8)c8cc9c%10cccc%11cccc(c%11%10)c9c9c%10ccccc%10c(c7c7ccc(c%10ccc=3c2c4%10)c5c67)c89)cc1. The third-order valence-electron chi connectivity index (χ3n) is 16.9. The fourth-order valence-electron chi connectivity index (χ4n) is 14.4. The van der Waals surface area contributed by atoms with E-state index in [1.807, 2.05) is 0 Å². The van der Waals surface area contributed by atoms with Crippen molar-refractivity contribution in [2.24, 2.45) is 0 Å². The number of hydrogen-bond donors (Lipinski definition) is 0. The molecule has 0 spiro atoms. The summed E-state index contributed by atoms with van der Waals surface area (Å²) < 4.78 is 0. The second-order valence-electron chi connectivity index (χ2n) is 20.0. The summed E-state index contributed by atoms with van der Waals surface area (Å²) in [4.78, 5) is 0. The topological polar surface area (TPSA) is 0 Å². The van der Waals surface area contributed by atoms with Crippen LogP contribution in [-0.2, 0) is 0 Å². The first kappa shape index (κ1) is 36.0. The summed E-state index contributed by atoms with van der Waals surface area (Å²) >= 11 is 0. The van der Waals surface area contributed by atoms with E-state index in [1.54, 1.807) is 0 Å². The maximum Gasteiger partial charge on any atom is -0.000674 e. The number of benzene rings is 14. The van der Waals surface area contributed by atoms with Gasteiger partial charge in [0.25, 0.3) is 0 Å². The molecule has 0 heterocycles. The van der Waals surface area contributed by atoms with Crippen molar-refractivity contribution in [3.05, 3.63) is 239 Å². The van der Waals surface area contributed by atoms with E-state index in [9.17, 15) is 0 Å². The van der Waals surface area contributed by atoms with Crippen molar-refractivity contribution in [2.45, 2.75) is 0 Å². The Labute approximate surface area is 399 Å². The third kappa shape index (κ3) is 4.12. The highest BCUT2D eigenvalue weighted by Crippen LogP contribution is 2.58. The first-order valence-corrected chi connectivity index (χ1v) is 24.7. The molecule has 18 rings (SSSR count). The van der Waals surface area contributed by atoms with Crippen LogP contribution < -0.4 is 0 Å². The zero-order chi connectivity index (χ0) is 45.1. The van der Waals surface area contributed by atoms with Crippen LogP contribution in [0.3, 0.4) is 0 Å². The van der Waals surface area contributed by atoms with Gasteiger partial charge in [-0.05, 0) is 190 Å². The molecule has 0 amide bonds. The summed E-state index contributed by atoms with van der Waals surface area (Å²) in [5.41, 5.74) is 7.65. The van der Waals surface area contributed by atoms with E-state index in [0.29, 0.717) is 0 Å². The quantitative estimate of drug-likeness (QED) is 0.123. The zero-order valence-corrected chi connectivity index (χ0v) is 37.8. The molecule has 0 fully saturated rings. The highest BCUT2D eigenvalue weighted by molar-refractivity contribution is 6.54. The molecule has 0 bridgehead atoms. The van der Waals surface area contributed by atoms with E-state index in [4.69, 9.17) is 0 Å². The molecule has 0 N–H and O–H groups in total. The van der Waals surface area contributed by atoms with Gasteiger partial charge in [0.15, 0.2) is 0 Å². The summed E-state index contributed by atoms with van der Waals surface area (Å²) in [6.07, 6.45) is 0. The highest BCUT2D eigenvalue weighted by atomic mass is 14.3.